The van der Waals surface area contributed by atoms with E-state index in [2.05, 4.69) is 0 Å². The Hall–Kier alpha value is -1.40. The van der Waals surface area contributed by atoms with Crippen LogP contribution < -0.4 is 4.74 Å². The number of carbonyl (C=O) groups is 1. The zero-order chi connectivity index (χ0) is 12.4. The minimum atomic E-state index is -0.825. The largest absolute Gasteiger partial charge is 0.497 e. The Morgan fingerprint density at radius 2 is 2.35 bits per heavy atom. The van der Waals surface area contributed by atoms with E-state index >= 15 is 0 Å². The Balaban J connectivity index is 2.48. The van der Waals surface area contributed by atoms with Gasteiger partial charge in [-0.05, 0) is 24.4 Å². The lowest BCUT2D eigenvalue weighted by molar-refractivity contribution is -0.137. The molecule has 0 saturated carbocycles. The molecule has 0 saturated heterocycles. The molecule has 0 amide bonds. The number of hydrogen-bond acceptors (Lipinski definition) is 4. The molecule has 0 radical (unpaired) electrons. The third-order valence-electron chi connectivity index (χ3n) is 2.42. The fraction of sp³-hybridized carbons (Fsp3) is 0.273. The van der Waals surface area contributed by atoms with Crippen molar-refractivity contribution in [3.05, 3.63) is 22.2 Å². The quantitative estimate of drug-likeness (QED) is 0.867. The highest BCUT2D eigenvalue weighted by Crippen LogP contribution is 2.27. The molecule has 0 fully saturated rings. The van der Waals surface area contributed by atoms with Crippen LogP contribution in [0.4, 0.5) is 0 Å². The first-order chi connectivity index (χ1) is 8.11. The summed E-state index contributed by atoms with van der Waals surface area (Å²) in [5.74, 6) is -0.0801. The number of fused-ring (bicyclic) bond motifs is 1. The first-order valence-corrected chi connectivity index (χ1v) is 6.23. The standard InChI is InChI=1S/C11H11NO3S2/c1-15-7-2-3-9-8(6-7)12(11(16)17-9)5-4-10(13)14/h2-3,6H,4-5H2,1H3,(H,13,14). The third kappa shape index (κ3) is 2.48. The lowest BCUT2D eigenvalue weighted by Crippen LogP contribution is -2.04. The van der Waals surface area contributed by atoms with Gasteiger partial charge in [-0.2, -0.15) is 0 Å². The average Bonchev–Trinajstić information content (AvgIpc) is 2.61. The molecule has 0 unspecified atom stereocenters. The van der Waals surface area contributed by atoms with Crippen molar-refractivity contribution >= 4 is 39.7 Å². The van der Waals surface area contributed by atoms with Crippen LogP contribution in [0.3, 0.4) is 0 Å². The number of nitrogens with zero attached hydrogens (tertiary/aromatic N) is 1. The number of aliphatic carboxylic acids is 1. The van der Waals surface area contributed by atoms with Gasteiger partial charge in [-0.15, -0.1) is 11.3 Å². The minimum Gasteiger partial charge on any atom is -0.497 e. The van der Waals surface area contributed by atoms with Gasteiger partial charge in [0.25, 0.3) is 0 Å². The van der Waals surface area contributed by atoms with E-state index < -0.39 is 5.97 Å². The molecule has 0 aliphatic carbocycles. The number of rotatable bonds is 4. The first-order valence-electron chi connectivity index (χ1n) is 5.01. The van der Waals surface area contributed by atoms with E-state index in [1.165, 1.54) is 11.3 Å². The van der Waals surface area contributed by atoms with E-state index in [-0.39, 0.29) is 6.42 Å². The summed E-state index contributed by atoms with van der Waals surface area (Å²) in [6.45, 7) is 0.390. The van der Waals surface area contributed by atoms with Crippen molar-refractivity contribution in [2.45, 2.75) is 13.0 Å². The molecule has 1 aromatic carbocycles. The molecule has 0 aliphatic heterocycles. The highest BCUT2D eigenvalue weighted by molar-refractivity contribution is 7.73. The Bertz CT molecular complexity index is 615. The van der Waals surface area contributed by atoms with Crippen LogP contribution in [0.25, 0.3) is 10.2 Å². The Labute approximate surface area is 107 Å². The SMILES string of the molecule is COc1ccc2sc(=S)n(CCC(=O)O)c2c1. The second-order valence-corrected chi connectivity index (χ2v) is 5.17. The van der Waals surface area contributed by atoms with Crippen LogP contribution in [0.5, 0.6) is 5.75 Å². The van der Waals surface area contributed by atoms with Gasteiger partial charge in [0.2, 0.25) is 0 Å². The van der Waals surface area contributed by atoms with Crippen LogP contribution in [-0.4, -0.2) is 22.8 Å². The number of carboxylic acids is 1. The Kier molecular flexibility index (Phi) is 3.44. The fourth-order valence-electron chi connectivity index (χ4n) is 1.59. The summed E-state index contributed by atoms with van der Waals surface area (Å²) in [5.41, 5.74) is 0.931. The molecule has 2 rings (SSSR count). The van der Waals surface area contributed by atoms with Crippen molar-refractivity contribution in [1.29, 1.82) is 0 Å². The topological polar surface area (TPSA) is 51.5 Å². The maximum atomic E-state index is 10.6. The number of aryl methyl sites for hydroxylation is 1. The van der Waals surface area contributed by atoms with Crippen molar-refractivity contribution in [2.75, 3.05) is 7.11 Å². The predicted molar refractivity (Wildman–Crippen MR) is 69.5 cm³/mol. The van der Waals surface area contributed by atoms with E-state index in [1.807, 2.05) is 22.8 Å². The van der Waals surface area contributed by atoms with Gasteiger partial charge in [-0.3, -0.25) is 4.79 Å². The van der Waals surface area contributed by atoms with Crippen LogP contribution in [0.2, 0.25) is 0 Å². The normalized spacial score (nSPS) is 10.6. The monoisotopic (exact) mass is 269 g/mol. The number of hydrogen-bond donors (Lipinski definition) is 1. The van der Waals surface area contributed by atoms with E-state index in [0.29, 0.717) is 10.5 Å². The van der Waals surface area contributed by atoms with Gasteiger partial charge in [0.05, 0.1) is 23.7 Å². The molecular formula is C11H11NO3S2. The number of methoxy groups -OCH3 is 1. The summed E-state index contributed by atoms with van der Waals surface area (Å²) >= 11 is 6.71. The van der Waals surface area contributed by atoms with E-state index in [4.69, 9.17) is 22.1 Å². The van der Waals surface area contributed by atoms with Crippen molar-refractivity contribution < 1.29 is 14.6 Å². The zero-order valence-electron chi connectivity index (χ0n) is 9.17. The van der Waals surface area contributed by atoms with Gasteiger partial charge in [-0.1, -0.05) is 0 Å². The maximum absolute atomic E-state index is 10.6. The summed E-state index contributed by atoms with van der Waals surface area (Å²) in [6.07, 6.45) is 0.0668. The lowest BCUT2D eigenvalue weighted by Gasteiger charge is -2.04. The number of aromatic nitrogens is 1. The second-order valence-electron chi connectivity index (χ2n) is 3.50. The summed E-state index contributed by atoms with van der Waals surface area (Å²) in [7, 11) is 1.60. The van der Waals surface area contributed by atoms with Crippen molar-refractivity contribution in [2.24, 2.45) is 0 Å². The molecule has 4 nitrogen and oxygen atoms in total. The van der Waals surface area contributed by atoms with Gasteiger partial charge >= 0.3 is 5.97 Å². The van der Waals surface area contributed by atoms with Crippen LogP contribution in [0.15, 0.2) is 18.2 Å². The molecule has 0 atom stereocenters. The van der Waals surface area contributed by atoms with E-state index in [9.17, 15) is 4.79 Å². The Morgan fingerprint density at radius 3 is 3.00 bits per heavy atom. The molecule has 1 heterocycles. The van der Waals surface area contributed by atoms with Gasteiger partial charge in [-0.25, -0.2) is 0 Å². The molecular weight excluding hydrogens is 258 g/mol. The molecule has 2 aromatic rings. The van der Waals surface area contributed by atoms with Crippen LogP contribution >= 0.6 is 23.6 Å². The van der Waals surface area contributed by atoms with Crippen molar-refractivity contribution in [3.63, 3.8) is 0 Å². The smallest absolute Gasteiger partial charge is 0.305 e. The van der Waals surface area contributed by atoms with Crippen LogP contribution in [-0.2, 0) is 11.3 Å². The Morgan fingerprint density at radius 1 is 1.59 bits per heavy atom. The van der Waals surface area contributed by atoms with Gasteiger partial charge in [0, 0.05) is 12.6 Å². The number of thiazole rings is 1. The van der Waals surface area contributed by atoms with Crippen molar-refractivity contribution in [3.8, 4) is 5.75 Å². The molecule has 1 N–H and O–H groups in total. The molecule has 0 spiro atoms. The average molecular weight is 269 g/mol. The minimum absolute atomic E-state index is 0.0668. The van der Waals surface area contributed by atoms with Crippen molar-refractivity contribution in [1.82, 2.24) is 4.57 Å². The van der Waals surface area contributed by atoms with E-state index in [0.717, 1.165) is 16.0 Å². The van der Waals surface area contributed by atoms with Gasteiger partial charge < -0.3 is 14.4 Å². The highest BCUT2D eigenvalue weighted by Gasteiger charge is 2.07. The summed E-state index contributed by atoms with van der Waals surface area (Å²) in [5, 5.41) is 8.71. The molecule has 0 bridgehead atoms. The summed E-state index contributed by atoms with van der Waals surface area (Å²) < 4.78 is 8.72. The third-order valence-corrected chi connectivity index (χ3v) is 3.85. The van der Waals surface area contributed by atoms with Crippen LogP contribution in [0, 0.1) is 3.95 Å². The molecule has 1 aromatic heterocycles. The number of carboxylic acid groups (broad SMARTS) is 1. The predicted octanol–water partition coefficient (Wildman–Crippen LogP) is 2.92. The van der Waals surface area contributed by atoms with Crippen LogP contribution in [0.1, 0.15) is 6.42 Å². The maximum Gasteiger partial charge on any atom is 0.305 e. The number of benzene rings is 1. The second kappa shape index (κ2) is 4.85. The first kappa shape index (κ1) is 12.1. The fourth-order valence-corrected chi connectivity index (χ4v) is 2.94. The highest BCUT2D eigenvalue weighted by atomic mass is 32.1. The summed E-state index contributed by atoms with van der Waals surface area (Å²) in [6, 6.07) is 5.69. The lowest BCUT2D eigenvalue weighted by atomic mass is 10.3. The number of ether oxygens (including phenoxy) is 1. The summed E-state index contributed by atoms with van der Waals surface area (Å²) in [4.78, 5) is 10.6. The van der Waals surface area contributed by atoms with Gasteiger partial charge in [0.1, 0.15) is 5.75 Å². The zero-order valence-corrected chi connectivity index (χ0v) is 10.8. The van der Waals surface area contributed by atoms with Gasteiger partial charge in [0.15, 0.2) is 3.95 Å². The molecule has 0 aliphatic rings. The van der Waals surface area contributed by atoms with E-state index in [1.54, 1.807) is 7.11 Å². The molecule has 17 heavy (non-hydrogen) atoms. The molecule has 6 heteroatoms. The molecule has 90 valence electrons.